The van der Waals surface area contributed by atoms with Crippen LogP contribution in [0.15, 0.2) is 36.5 Å². The molecule has 0 saturated carbocycles. The van der Waals surface area contributed by atoms with Gasteiger partial charge in [-0.1, -0.05) is 32.9 Å². The van der Waals surface area contributed by atoms with Crippen molar-refractivity contribution in [1.82, 2.24) is 10.3 Å². The molecule has 1 aromatic heterocycles. The van der Waals surface area contributed by atoms with E-state index >= 15 is 0 Å². The highest BCUT2D eigenvalue weighted by molar-refractivity contribution is 6.08. The van der Waals surface area contributed by atoms with Crippen molar-refractivity contribution >= 4 is 34.1 Å². The number of hydrogen-bond acceptors (Lipinski definition) is 7. The number of amides is 2. The van der Waals surface area contributed by atoms with E-state index in [2.05, 4.69) is 29.5 Å². The molecule has 0 unspecified atom stereocenters. The van der Waals surface area contributed by atoms with Crippen LogP contribution < -0.4 is 31.6 Å². The average Bonchev–Trinajstić information content (AvgIpc) is 2.91. The molecule has 0 radical (unpaired) electrons. The van der Waals surface area contributed by atoms with Gasteiger partial charge in [-0.05, 0) is 62.3 Å². The van der Waals surface area contributed by atoms with E-state index in [0.29, 0.717) is 66.6 Å². The quantitative estimate of drug-likeness (QED) is 0.232. The molecule has 2 amide bonds. The Hall–Kier alpha value is -3.85. The van der Waals surface area contributed by atoms with E-state index in [1.165, 1.54) is 6.20 Å². The summed E-state index contributed by atoms with van der Waals surface area (Å²) in [6.07, 6.45) is 3.71. The minimum Gasteiger partial charge on any atom is -0.490 e. The second-order valence-electron chi connectivity index (χ2n) is 9.81. The molecule has 0 saturated heterocycles. The number of anilines is 2. The van der Waals surface area contributed by atoms with Gasteiger partial charge in [0.2, 0.25) is 5.91 Å². The van der Waals surface area contributed by atoms with Gasteiger partial charge >= 0.3 is 0 Å². The minimum atomic E-state index is -0.601. The van der Waals surface area contributed by atoms with Gasteiger partial charge in [-0.3, -0.25) is 14.6 Å². The number of nitrogens with zero attached hydrogens (tertiary/aromatic N) is 1. The number of carbonyl (C=O) groups excluding carboxylic acids is 2. The third-order valence-corrected chi connectivity index (χ3v) is 6.53. The molecule has 2 aromatic carbocycles. The number of fused-ring (bicyclic) bond motifs is 1. The van der Waals surface area contributed by atoms with E-state index in [0.717, 1.165) is 23.2 Å². The minimum absolute atomic E-state index is 0.166. The monoisotopic (exact) mass is 535 g/mol. The van der Waals surface area contributed by atoms with Crippen LogP contribution in [0, 0.1) is 5.92 Å². The average molecular weight is 536 g/mol. The van der Waals surface area contributed by atoms with Crippen LogP contribution in [0.25, 0.3) is 10.9 Å². The molecule has 6 N–H and O–H groups in total. The van der Waals surface area contributed by atoms with Crippen LogP contribution in [0.5, 0.6) is 11.5 Å². The molecule has 3 aromatic rings. The van der Waals surface area contributed by atoms with Gasteiger partial charge in [0, 0.05) is 29.9 Å². The van der Waals surface area contributed by atoms with Crippen molar-refractivity contribution in [1.29, 1.82) is 0 Å². The number of pyridine rings is 1. The number of rotatable bonds is 14. The summed E-state index contributed by atoms with van der Waals surface area (Å²) in [5, 5.41) is 7.10. The van der Waals surface area contributed by atoms with Crippen molar-refractivity contribution in [2.75, 3.05) is 18.5 Å². The van der Waals surface area contributed by atoms with Crippen LogP contribution in [0.2, 0.25) is 0 Å². The van der Waals surface area contributed by atoms with Gasteiger partial charge in [0.15, 0.2) is 11.5 Å². The maximum absolute atomic E-state index is 12.6. The molecule has 9 heteroatoms. The first-order valence-electron chi connectivity index (χ1n) is 13.6. The molecule has 0 aliphatic heterocycles. The van der Waals surface area contributed by atoms with Gasteiger partial charge in [-0.15, -0.1) is 0 Å². The van der Waals surface area contributed by atoms with Crippen LogP contribution >= 0.6 is 0 Å². The maximum Gasteiger partial charge on any atom is 0.252 e. The number of benzene rings is 2. The molecule has 0 aliphatic rings. The van der Waals surface area contributed by atoms with Crippen LogP contribution in [0.3, 0.4) is 0 Å². The number of nitrogens with one attached hydrogen (secondary N) is 2. The first-order chi connectivity index (χ1) is 18.7. The first-order valence-corrected chi connectivity index (χ1v) is 13.6. The van der Waals surface area contributed by atoms with Crippen molar-refractivity contribution in [3.63, 3.8) is 0 Å². The molecule has 0 bridgehead atoms. The second kappa shape index (κ2) is 13.8. The maximum atomic E-state index is 12.6. The van der Waals surface area contributed by atoms with Gasteiger partial charge in [-0.25, -0.2) is 0 Å². The second-order valence-corrected chi connectivity index (χ2v) is 9.81. The zero-order valence-corrected chi connectivity index (χ0v) is 23.6. The summed E-state index contributed by atoms with van der Waals surface area (Å²) in [4.78, 5) is 29.5. The Morgan fingerprint density at radius 3 is 2.33 bits per heavy atom. The summed E-state index contributed by atoms with van der Waals surface area (Å²) < 4.78 is 11.6. The van der Waals surface area contributed by atoms with Crippen molar-refractivity contribution < 1.29 is 19.1 Å². The Labute approximate surface area is 230 Å². The van der Waals surface area contributed by atoms with Gasteiger partial charge in [0.25, 0.3) is 5.91 Å². The van der Waals surface area contributed by atoms with Crippen molar-refractivity contribution in [3.8, 4) is 11.5 Å². The largest absolute Gasteiger partial charge is 0.490 e. The zero-order valence-electron chi connectivity index (χ0n) is 23.6. The number of hydrogen-bond donors (Lipinski definition) is 4. The first kappa shape index (κ1) is 29.7. The summed E-state index contributed by atoms with van der Waals surface area (Å²) in [5.74, 6) is 0.856. The van der Waals surface area contributed by atoms with E-state index in [1.807, 2.05) is 45.0 Å². The van der Waals surface area contributed by atoms with E-state index in [-0.39, 0.29) is 11.5 Å². The van der Waals surface area contributed by atoms with Crippen molar-refractivity contribution in [2.24, 2.45) is 17.4 Å². The van der Waals surface area contributed by atoms with Crippen molar-refractivity contribution in [3.05, 3.63) is 53.2 Å². The predicted molar refractivity (Wildman–Crippen MR) is 156 cm³/mol. The zero-order chi connectivity index (χ0) is 28.5. The Bertz CT molecular complexity index is 1310. The lowest BCUT2D eigenvalue weighted by molar-refractivity contribution is -0.122. The fourth-order valence-corrected chi connectivity index (χ4v) is 4.49. The van der Waals surface area contributed by atoms with Gasteiger partial charge in [-0.2, -0.15) is 0 Å². The molecule has 0 fully saturated rings. The Morgan fingerprint density at radius 2 is 1.72 bits per heavy atom. The molecular formula is C30H41N5O4. The molecule has 3 rings (SSSR count). The number of carbonyl (C=O) groups is 2. The van der Waals surface area contributed by atoms with Gasteiger partial charge in [0.05, 0.1) is 36.0 Å². The van der Waals surface area contributed by atoms with Crippen LogP contribution in [-0.2, 0) is 17.8 Å². The molecule has 39 heavy (non-hydrogen) atoms. The molecule has 9 nitrogen and oxygen atoms in total. The van der Waals surface area contributed by atoms with E-state index in [9.17, 15) is 9.59 Å². The molecule has 0 aliphatic carbocycles. The Morgan fingerprint density at radius 1 is 1.03 bits per heavy atom. The molecule has 1 atom stereocenters. The number of primary amides is 1. The lowest BCUT2D eigenvalue weighted by atomic mass is 10.0. The highest BCUT2D eigenvalue weighted by atomic mass is 16.5. The number of aromatic nitrogens is 1. The lowest BCUT2D eigenvalue weighted by Crippen LogP contribution is -2.40. The van der Waals surface area contributed by atoms with Crippen LogP contribution in [-0.4, -0.2) is 36.1 Å². The summed E-state index contributed by atoms with van der Waals surface area (Å²) in [6, 6.07) is 8.91. The molecular weight excluding hydrogens is 494 g/mol. The van der Waals surface area contributed by atoms with E-state index < -0.39 is 11.9 Å². The number of ether oxygens (including phenoxy) is 2. The van der Waals surface area contributed by atoms with Crippen molar-refractivity contribution in [2.45, 2.75) is 66.5 Å². The normalized spacial score (nSPS) is 11.9. The SMILES string of the molecule is CCOc1cc2ncc(C(N)=O)c(Nc3cccc(CNC(=O)[C@@H](N)CCC(C)C)c3CC)c2cc1OCC. The van der Waals surface area contributed by atoms with Crippen LogP contribution in [0.4, 0.5) is 11.4 Å². The smallest absolute Gasteiger partial charge is 0.252 e. The number of nitrogens with two attached hydrogens (primary N) is 2. The third kappa shape index (κ3) is 7.38. The van der Waals surface area contributed by atoms with Crippen LogP contribution in [0.1, 0.15) is 68.9 Å². The fourth-order valence-electron chi connectivity index (χ4n) is 4.49. The predicted octanol–water partition coefficient (Wildman–Crippen LogP) is 4.82. The van der Waals surface area contributed by atoms with Gasteiger partial charge < -0.3 is 31.6 Å². The summed E-state index contributed by atoms with van der Waals surface area (Å²) >= 11 is 0. The Kier molecular flexibility index (Phi) is 10.5. The lowest BCUT2D eigenvalue weighted by Gasteiger charge is -2.20. The summed E-state index contributed by atoms with van der Waals surface area (Å²) in [5.41, 5.74) is 16.0. The molecule has 1 heterocycles. The Balaban J connectivity index is 1.99. The molecule has 0 spiro atoms. The topological polar surface area (TPSA) is 142 Å². The highest BCUT2D eigenvalue weighted by Crippen LogP contribution is 2.38. The third-order valence-electron chi connectivity index (χ3n) is 6.53. The van der Waals surface area contributed by atoms with E-state index in [4.69, 9.17) is 20.9 Å². The van der Waals surface area contributed by atoms with Gasteiger partial charge in [0.1, 0.15) is 0 Å². The standard InChI is InChI=1S/C30H41N5O4/c1-6-20-19(16-34-30(37)23(31)13-12-18(4)5)10-9-11-24(20)35-28-21-14-26(38-7-2)27(39-8-3)15-25(21)33-17-22(28)29(32)36/h9-11,14-15,17-18,23H,6-8,12-13,16,31H2,1-5H3,(H2,32,36)(H,33,35)(H,34,37)/t23-/m0/s1. The summed E-state index contributed by atoms with van der Waals surface area (Å²) in [6.45, 7) is 11.3. The molecule has 210 valence electrons. The summed E-state index contributed by atoms with van der Waals surface area (Å²) in [7, 11) is 0. The fraction of sp³-hybridized carbons (Fsp3) is 0.433. The highest BCUT2D eigenvalue weighted by Gasteiger charge is 2.19. The van der Waals surface area contributed by atoms with E-state index in [1.54, 1.807) is 6.07 Å².